The lowest BCUT2D eigenvalue weighted by atomic mass is 10.1. The molecule has 0 aliphatic carbocycles. The summed E-state index contributed by atoms with van der Waals surface area (Å²) in [5.74, 6) is 3.37. The molecule has 0 aliphatic heterocycles. The molecule has 2 aromatic rings. The predicted octanol–water partition coefficient (Wildman–Crippen LogP) is 2.05. The van der Waals surface area contributed by atoms with Crippen LogP contribution in [0.15, 0.2) is 29.5 Å². The first-order valence-electron chi connectivity index (χ1n) is 9.82. The Morgan fingerprint density at radius 2 is 2.00 bits per heavy atom. The zero-order valence-corrected chi connectivity index (χ0v) is 17.4. The first-order chi connectivity index (χ1) is 13.7. The minimum absolute atomic E-state index is 0.623. The smallest absolute Gasteiger partial charge is 0.191 e. The molecule has 0 unspecified atom stereocenters. The molecule has 0 aliphatic rings. The normalized spacial score (nSPS) is 11.4. The van der Waals surface area contributed by atoms with Gasteiger partial charge in [0.2, 0.25) is 0 Å². The summed E-state index contributed by atoms with van der Waals surface area (Å²) in [6.45, 7) is 7.08. The van der Waals surface area contributed by atoms with Gasteiger partial charge >= 0.3 is 0 Å². The van der Waals surface area contributed by atoms with Crippen molar-refractivity contribution in [3.8, 4) is 11.5 Å². The van der Waals surface area contributed by atoms with Crippen LogP contribution in [0.5, 0.6) is 11.5 Å². The minimum atomic E-state index is 0.623. The Morgan fingerprint density at radius 3 is 2.71 bits per heavy atom. The molecule has 0 spiro atoms. The maximum absolute atomic E-state index is 5.64. The fourth-order valence-electron chi connectivity index (χ4n) is 2.90. The monoisotopic (exact) mass is 388 g/mol. The quantitative estimate of drug-likeness (QED) is 0.348. The first kappa shape index (κ1) is 21.5. The number of benzene rings is 1. The lowest BCUT2D eigenvalue weighted by Crippen LogP contribution is -2.39. The summed E-state index contributed by atoms with van der Waals surface area (Å²) in [7, 11) is 3.44. The molecule has 1 aromatic carbocycles. The van der Waals surface area contributed by atoms with Gasteiger partial charge < -0.3 is 24.7 Å². The highest BCUT2D eigenvalue weighted by Crippen LogP contribution is 2.28. The lowest BCUT2D eigenvalue weighted by molar-refractivity contribution is 0.310. The van der Waals surface area contributed by atoms with Gasteiger partial charge in [-0.15, -0.1) is 10.2 Å². The zero-order chi connectivity index (χ0) is 20.2. The molecule has 0 atom stereocenters. The number of rotatable bonds is 11. The summed E-state index contributed by atoms with van der Waals surface area (Å²) in [6.07, 6.45) is 4.59. The second kappa shape index (κ2) is 11.8. The molecule has 8 heteroatoms. The number of hydrogen-bond donors (Lipinski definition) is 2. The summed E-state index contributed by atoms with van der Waals surface area (Å²) in [6, 6.07) is 6.10. The Morgan fingerprint density at radius 1 is 1.18 bits per heavy atom. The molecule has 0 bridgehead atoms. The number of nitrogens with zero attached hydrogens (tertiary/aromatic N) is 4. The van der Waals surface area contributed by atoms with Crippen LogP contribution in [0.1, 0.15) is 31.7 Å². The summed E-state index contributed by atoms with van der Waals surface area (Å²) >= 11 is 0. The van der Waals surface area contributed by atoms with E-state index >= 15 is 0 Å². The third-order valence-corrected chi connectivity index (χ3v) is 4.34. The number of methoxy groups -OCH3 is 1. The maximum Gasteiger partial charge on any atom is 0.191 e. The molecule has 8 nitrogen and oxygen atoms in total. The van der Waals surface area contributed by atoms with Gasteiger partial charge in [-0.1, -0.05) is 13.0 Å². The van der Waals surface area contributed by atoms with Crippen LogP contribution >= 0.6 is 0 Å². The van der Waals surface area contributed by atoms with E-state index in [2.05, 4.69) is 49.4 Å². The third-order valence-electron chi connectivity index (χ3n) is 4.34. The summed E-state index contributed by atoms with van der Waals surface area (Å²) in [5.41, 5.74) is 1.23. The molecule has 0 saturated heterocycles. The number of ether oxygens (including phenoxy) is 2. The number of aryl methyl sites for hydroxylation is 2. The molecular weight excluding hydrogens is 356 g/mol. The predicted molar refractivity (Wildman–Crippen MR) is 111 cm³/mol. The largest absolute Gasteiger partial charge is 0.493 e. The van der Waals surface area contributed by atoms with Gasteiger partial charge in [-0.25, -0.2) is 0 Å². The number of aliphatic imine (C=N–C) groups is 1. The second-order valence-electron chi connectivity index (χ2n) is 6.24. The molecule has 0 radical (unpaired) electrons. The Hall–Kier alpha value is -2.77. The van der Waals surface area contributed by atoms with Gasteiger partial charge in [-0.3, -0.25) is 4.99 Å². The van der Waals surface area contributed by atoms with Crippen molar-refractivity contribution < 1.29 is 9.47 Å². The van der Waals surface area contributed by atoms with Crippen LogP contribution in [0.25, 0.3) is 0 Å². The van der Waals surface area contributed by atoms with Crippen molar-refractivity contribution in [2.45, 2.75) is 39.7 Å². The number of nitrogens with one attached hydrogen (secondary N) is 2. The first-order valence-corrected chi connectivity index (χ1v) is 9.82. The van der Waals surface area contributed by atoms with Crippen LogP contribution in [-0.4, -0.2) is 54.6 Å². The molecule has 1 heterocycles. The van der Waals surface area contributed by atoms with E-state index in [0.717, 1.165) is 62.2 Å². The van der Waals surface area contributed by atoms with Gasteiger partial charge in [0.1, 0.15) is 12.2 Å². The highest BCUT2D eigenvalue weighted by atomic mass is 16.5. The molecule has 0 fully saturated rings. The summed E-state index contributed by atoms with van der Waals surface area (Å²) in [5, 5.41) is 14.7. The van der Waals surface area contributed by atoms with E-state index in [1.54, 1.807) is 20.5 Å². The third kappa shape index (κ3) is 6.44. The zero-order valence-electron chi connectivity index (χ0n) is 17.4. The lowest BCUT2D eigenvalue weighted by Gasteiger charge is -2.13. The van der Waals surface area contributed by atoms with Gasteiger partial charge in [0.25, 0.3) is 0 Å². The second-order valence-corrected chi connectivity index (χ2v) is 6.24. The fourth-order valence-corrected chi connectivity index (χ4v) is 2.90. The highest BCUT2D eigenvalue weighted by molar-refractivity contribution is 5.79. The van der Waals surface area contributed by atoms with Crippen LogP contribution in [-0.2, 0) is 19.4 Å². The van der Waals surface area contributed by atoms with Crippen molar-refractivity contribution in [3.63, 3.8) is 0 Å². The molecule has 28 heavy (non-hydrogen) atoms. The van der Waals surface area contributed by atoms with Gasteiger partial charge in [0.15, 0.2) is 17.5 Å². The van der Waals surface area contributed by atoms with Crippen LogP contribution < -0.4 is 20.1 Å². The van der Waals surface area contributed by atoms with Crippen molar-refractivity contribution in [1.29, 1.82) is 0 Å². The number of aromatic nitrogens is 3. The summed E-state index contributed by atoms with van der Waals surface area (Å²) in [4.78, 5) is 4.27. The van der Waals surface area contributed by atoms with E-state index in [0.29, 0.717) is 6.61 Å². The van der Waals surface area contributed by atoms with E-state index < -0.39 is 0 Å². The van der Waals surface area contributed by atoms with Gasteiger partial charge in [0.05, 0.1) is 13.7 Å². The summed E-state index contributed by atoms with van der Waals surface area (Å²) < 4.78 is 13.0. The maximum atomic E-state index is 5.64. The van der Waals surface area contributed by atoms with Gasteiger partial charge in [-0.05, 0) is 37.5 Å². The Bertz CT molecular complexity index is 744. The Labute approximate surface area is 167 Å². The average molecular weight is 389 g/mol. The standard InChI is InChI=1S/C20H32N6O2/c1-5-19-25-24-15-26(19)13-12-23-20(21-3)22-11-7-8-16-9-10-17(27-4)18(14-16)28-6-2/h9-10,14-15H,5-8,11-13H2,1-4H3,(H2,21,22,23). The van der Waals surface area contributed by atoms with Crippen LogP contribution in [0.2, 0.25) is 0 Å². The van der Waals surface area contributed by atoms with E-state index in [-0.39, 0.29) is 0 Å². The Kier molecular flexibility index (Phi) is 9.10. The highest BCUT2D eigenvalue weighted by Gasteiger charge is 2.06. The molecule has 2 N–H and O–H groups in total. The fraction of sp³-hybridized carbons (Fsp3) is 0.550. The van der Waals surface area contributed by atoms with Crippen LogP contribution in [0.3, 0.4) is 0 Å². The van der Waals surface area contributed by atoms with E-state index in [1.165, 1.54) is 5.56 Å². The van der Waals surface area contributed by atoms with Gasteiger partial charge in [-0.2, -0.15) is 0 Å². The van der Waals surface area contributed by atoms with Crippen molar-refractivity contribution in [2.75, 3.05) is 33.9 Å². The van der Waals surface area contributed by atoms with Crippen molar-refractivity contribution in [3.05, 3.63) is 35.9 Å². The number of hydrogen-bond acceptors (Lipinski definition) is 5. The van der Waals surface area contributed by atoms with Crippen LogP contribution in [0.4, 0.5) is 0 Å². The Balaban J connectivity index is 1.72. The minimum Gasteiger partial charge on any atom is -0.493 e. The molecule has 0 saturated carbocycles. The molecule has 154 valence electrons. The van der Waals surface area contributed by atoms with E-state index in [9.17, 15) is 0 Å². The van der Waals surface area contributed by atoms with Crippen molar-refractivity contribution >= 4 is 5.96 Å². The number of guanidine groups is 1. The van der Waals surface area contributed by atoms with Crippen LogP contribution in [0, 0.1) is 0 Å². The molecular formula is C20H32N6O2. The SMILES string of the molecule is CCOc1cc(CCCNC(=NC)NCCn2cnnc2CC)ccc1OC. The van der Waals surface area contributed by atoms with E-state index in [4.69, 9.17) is 9.47 Å². The molecule has 2 rings (SSSR count). The molecule has 0 amide bonds. The van der Waals surface area contributed by atoms with Crippen molar-refractivity contribution in [1.82, 2.24) is 25.4 Å². The average Bonchev–Trinajstić information content (AvgIpc) is 3.17. The van der Waals surface area contributed by atoms with E-state index in [1.807, 2.05) is 13.0 Å². The molecule has 1 aromatic heterocycles. The topological polar surface area (TPSA) is 85.6 Å². The van der Waals surface area contributed by atoms with Gasteiger partial charge in [0, 0.05) is 33.1 Å². The van der Waals surface area contributed by atoms with Crippen molar-refractivity contribution in [2.24, 2.45) is 4.99 Å².